The number of hydrogen-bond acceptors (Lipinski definition) is 3. The standard InChI is InChI=1S/C12H23NO3S/c1-4-5-6-17-8-11(14)13-7-10(9(2)3)12(15)16/h9-10H,4-8H2,1-3H3,(H,13,14)(H,15,16). The zero-order chi connectivity index (χ0) is 13.3. The molecular weight excluding hydrogens is 238 g/mol. The third kappa shape index (κ3) is 8.07. The summed E-state index contributed by atoms with van der Waals surface area (Å²) in [5.74, 6) is 0.0121. The number of unbranched alkanes of at least 4 members (excludes halogenated alkanes) is 1. The van der Waals surface area contributed by atoms with Crippen LogP contribution in [-0.2, 0) is 9.59 Å². The summed E-state index contributed by atoms with van der Waals surface area (Å²) in [6, 6.07) is 0. The molecule has 0 saturated heterocycles. The maximum absolute atomic E-state index is 11.4. The van der Waals surface area contributed by atoms with Gasteiger partial charge in [0.2, 0.25) is 5.91 Å². The molecule has 100 valence electrons. The largest absolute Gasteiger partial charge is 0.481 e. The lowest BCUT2D eigenvalue weighted by Crippen LogP contribution is -2.36. The Morgan fingerprint density at radius 1 is 1.35 bits per heavy atom. The second-order valence-corrected chi connectivity index (χ2v) is 5.50. The molecule has 1 atom stereocenters. The van der Waals surface area contributed by atoms with Crippen molar-refractivity contribution in [2.75, 3.05) is 18.1 Å². The van der Waals surface area contributed by atoms with Crippen molar-refractivity contribution < 1.29 is 14.7 Å². The summed E-state index contributed by atoms with van der Waals surface area (Å²) < 4.78 is 0. The van der Waals surface area contributed by atoms with Crippen LogP contribution in [0.5, 0.6) is 0 Å². The number of amides is 1. The first-order chi connectivity index (χ1) is 7.99. The van der Waals surface area contributed by atoms with Gasteiger partial charge < -0.3 is 10.4 Å². The maximum atomic E-state index is 11.4. The lowest BCUT2D eigenvalue weighted by atomic mass is 9.96. The molecule has 0 aliphatic rings. The van der Waals surface area contributed by atoms with E-state index in [2.05, 4.69) is 12.2 Å². The van der Waals surface area contributed by atoms with E-state index in [1.807, 2.05) is 13.8 Å². The molecule has 0 aromatic carbocycles. The van der Waals surface area contributed by atoms with Gasteiger partial charge in [-0.3, -0.25) is 9.59 Å². The Labute approximate surface area is 108 Å². The van der Waals surface area contributed by atoms with E-state index >= 15 is 0 Å². The number of nitrogens with one attached hydrogen (secondary N) is 1. The quantitative estimate of drug-likeness (QED) is 0.623. The number of thioether (sulfide) groups is 1. The average molecular weight is 261 g/mol. The molecular formula is C12H23NO3S. The van der Waals surface area contributed by atoms with Crippen LogP contribution in [0.4, 0.5) is 0 Å². The minimum atomic E-state index is -0.848. The molecule has 4 nitrogen and oxygen atoms in total. The Balaban J connectivity index is 3.77. The number of carbonyl (C=O) groups is 2. The molecule has 0 rings (SSSR count). The van der Waals surface area contributed by atoms with Crippen molar-refractivity contribution in [3.63, 3.8) is 0 Å². The number of rotatable bonds is 9. The minimum absolute atomic E-state index is 0.0283. The summed E-state index contributed by atoms with van der Waals surface area (Å²) in [6.45, 7) is 6.03. The van der Waals surface area contributed by atoms with Crippen LogP contribution in [0.2, 0.25) is 0 Å². The van der Waals surface area contributed by atoms with Crippen LogP contribution in [0.25, 0.3) is 0 Å². The van der Waals surface area contributed by atoms with Crippen LogP contribution >= 0.6 is 11.8 Å². The number of aliphatic carboxylic acids is 1. The van der Waals surface area contributed by atoms with Gasteiger partial charge >= 0.3 is 5.97 Å². The number of carbonyl (C=O) groups excluding carboxylic acids is 1. The van der Waals surface area contributed by atoms with Gasteiger partial charge in [-0.1, -0.05) is 27.2 Å². The smallest absolute Gasteiger partial charge is 0.308 e. The second-order valence-electron chi connectivity index (χ2n) is 4.40. The van der Waals surface area contributed by atoms with Crippen molar-refractivity contribution in [3.05, 3.63) is 0 Å². The predicted molar refractivity (Wildman–Crippen MR) is 71.2 cm³/mol. The monoisotopic (exact) mass is 261 g/mol. The first-order valence-electron chi connectivity index (χ1n) is 6.06. The lowest BCUT2D eigenvalue weighted by molar-refractivity contribution is -0.143. The molecule has 0 fully saturated rings. The van der Waals surface area contributed by atoms with E-state index in [1.165, 1.54) is 0 Å². The molecule has 0 heterocycles. The van der Waals surface area contributed by atoms with Gasteiger partial charge in [-0.2, -0.15) is 11.8 Å². The van der Waals surface area contributed by atoms with Gasteiger partial charge in [-0.25, -0.2) is 0 Å². The molecule has 1 unspecified atom stereocenters. The summed E-state index contributed by atoms with van der Waals surface area (Å²) >= 11 is 1.59. The van der Waals surface area contributed by atoms with E-state index in [-0.39, 0.29) is 18.4 Å². The van der Waals surface area contributed by atoms with Gasteiger partial charge in [-0.15, -0.1) is 0 Å². The SMILES string of the molecule is CCCCSCC(=O)NCC(C(=O)O)C(C)C. The van der Waals surface area contributed by atoms with Crippen molar-refractivity contribution in [2.24, 2.45) is 11.8 Å². The fraction of sp³-hybridized carbons (Fsp3) is 0.833. The fourth-order valence-electron chi connectivity index (χ4n) is 1.29. The summed E-state index contributed by atoms with van der Waals surface area (Å²) in [4.78, 5) is 22.3. The number of carboxylic acids is 1. The topological polar surface area (TPSA) is 66.4 Å². The normalized spacial score (nSPS) is 12.5. The first kappa shape index (κ1) is 16.3. The van der Waals surface area contributed by atoms with E-state index in [1.54, 1.807) is 11.8 Å². The van der Waals surface area contributed by atoms with Gasteiger partial charge in [-0.05, 0) is 18.1 Å². The van der Waals surface area contributed by atoms with E-state index in [0.717, 1.165) is 18.6 Å². The molecule has 1 amide bonds. The molecule has 0 aromatic heterocycles. The zero-order valence-corrected chi connectivity index (χ0v) is 11.7. The third-order valence-corrected chi connectivity index (χ3v) is 3.56. The molecule has 0 aromatic rings. The summed E-state index contributed by atoms with van der Waals surface area (Å²) in [5.41, 5.74) is 0. The lowest BCUT2D eigenvalue weighted by Gasteiger charge is -2.16. The Bertz CT molecular complexity index is 244. The summed E-state index contributed by atoms with van der Waals surface area (Å²) in [6.07, 6.45) is 2.24. The van der Waals surface area contributed by atoms with E-state index in [4.69, 9.17) is 5.11 Å². The summed E-state index contributed by atoms with van der Waals surface area (Å²) in [5, 5.41) is 11.6. The third-order valence-electron chi connectivity index (χ3n) is 2.52. The Kier molecular flexibility index (Phi) is 8.94. The highest BCUT2D eigenvalue weighted by atomic mass is 32.2. The highest BCUT2D eigenvalue weighted by Crippen LogP contribution is 2.10. The second kappa shape index (κ2) is 9.33. The molecule has 0 aliphatic heterocycles. The van der Waals surface area contributed by atoms with Gasteiger partial charge in [0.05, 0.1) is 11.7 Å². The van der Waals surface area contributed by atoms with Gasteiger partial charge in [0.15, 0.2) is 0 Å². The van der Waals surface area contributed by atoms with Crippen LogP contribution in [0.3, 0.4) is 0 Å². The highest BCUT2D eigenvalue weighted by molar-refractivity contribution is 7.99. The van der Waals surface area contributed by atoms with E-state index in [9.17, 15) is 9.59 Å². The molecule has 0 bridgehead atoms. The van der Waals surface area contributed by atoms with Crippen molar-refractivity contribution in [2.45, 2.75) is 33.6 Å². The molecule has 5 heteroatoms. The average Bonchev–Trinajstić information content (AvgIpc) is 2.23. The first-order valence-corrected chi connectivity index (χ1v) is 7.21. The molecule has 0 radical (unpaired) electrons. The Morgan fingerprint density at radius 3 is 2.47 bits per heavy atom. The van der Waals surface area contributed by atoms with Crippen LogP contribution in [0, 0.1) is 11.8 Å². The Morgan fingerprint density at radius 2 is 2.00 bits per heavy atom. The van der Waals surface area contributed by atoms with E-state index < -0.39 is 11.9 Å². The van der Waals surface area contributed by atoms with Crippen molar-refractivity contribution in [1.82, 2.24) is 5.32 Å². The van der Waals surface area contributed by atoms with Crippen LogP contribution in [-0.4, -0.2) is 35.0 Å². The van der Waals surface area contributed by atoms with Crippen molar-refractivity contribution in [3.8, 4) is 0 Å². The fourth-order valence-corrected chi connectivity index (χ4v) is 2.22. The van der Waals surface area contributed by atoms with Crippen LogP contribution in [0.15, 0.2) is 0 Å². The summed E-state index contributed by atoms with van der Waals surface area (Å²) in [7, 11) is 0. The van der Waals surface area contributed by atoms with Gasteiger partial charge in [0, 0.05) is 6.54 Å². The van der Waals surface area contributed by atoms with Crippen LogP contribution in [0.1, 0.15) is 33.6 Å². The molecule has 2 N–H and O–H groups in total. The number of hydrogen-bond donors (Lipinski definition) is 2. The molecule has 0 spiro atoms. The Hall–Kier alpha value is -0.710. The molecule has 17 heavy (non-hydrogen) atoms. The number of carboxylic acid groups (broad SMARTS) is 1. The molecule has 0 aliphatic carbocycles. The van der Waals surface area contributed by atoms with E-state index in [0.29, 0.717) is 5.75 Å². The van der Waals surface area contributed by atoms with Crippen LogP contribution < -0.4 is 5.32 Å². The predicted octanol–water partition coefficient (Wildman–Crippen LogP) is 1.99. The van der Waals surface area contributed by atoms with Gasteiger partial charge in [0.1, 0.15) is 0 Å². The maximum Gasteiger partial charge on any atom is 0.308 e. The van der Waals surface area contributed by atoms with Gasteiger partial charge in [0.25, 0.3) is 0 Å². The van der Waals surface area contributed by atoms with Crippen molar-refractivity contribution in [1.29, 1.82) is 0 Å². The van der Waals surface area contributed by atoms with Crippen molar-refractivity contribution >= 4 is 23.6 Å². The minimum Gasteiger partial charge on any atom is -0.481 e. The zero-order valence-electron chi connectivity index (χ0n) is 10.9. The molecule has 0 saturated carbocycles. The highest BCUT2D eigenvalue weighted by Gasteiger charge is 2.21.